The van der Waals surface area contributed by atoms with Crippen LogP contribution in [0.2, 0.25) is 0 Å². The summed E-state index contributed by atoms with van der Waals surface area (Å²) >= 11 is 0. The van der Waals surface area contributed by atoms with E-state index in [0.29, 0.717) is 5.56 Å². The van der Waals surface area contributed by atoms with E-state index >= 15 is 0 Å². The van der Waals surface area contributed by atoms with Crippen LogP contribution in [0.3, 0.4) is 0 Å². The Bertz CT molecular complexity index is 445. The number of hydrogen-bond acceptors (Lipinski definition) is 2. The molecule has 1 N–H and O–H groups in total. The van der Waals surface area contributed by atoms with Gasteiger partial charge in [-0.3, -0.25) is 9.69 Å². The molecule has 3 nitrogen and oxygen atoms in total. The Morgan fingerprint density at radius 2 is 1.85 bits per heavy atom. The van der Waals surface area contributed by atoms with Gasteiger partial charge in [0.15, 0.2) is 0 Å². The van der Waals surface area contributed by atoms with Crippen molar-refractivity contribution in [3.63, 3.8) is 0 Å². The number of benzene rings is 1. The Hall–Kier alpha value is -1.63. The highest BCUT2D eigenvalue weighted by molar-refractivity contribution is 5.69. The van der Waals surface area contributed by atoms with E-state index in [1.165, 1.54) is 31.2 Å². The molecule has 0 aliphatic carbocycles. The Balaban J connectivity index is 2.73. The number of rotatable bonds is 6. The van der Waals surface area contributed by atoms with Crippen LogP contribution in [-0.2, 0) is 11.2 Å². The van der Waals surface area contributed by atoms with E-state index in [1.807, 2.05) is 0 Å². The van der Waals surface area contributed by atoms with Gasteiger partial charge in [0.05, 0.1) is 13.1 Å². The van der Waals surface area contributed by atoms with E-state index in [1.54, 1.807) is 0 Å². The molecule has 1 unspecified atom stereocenters. The monoisotopic (exact) mass is 293 g/mol. The van der Waals surface area contributed by atoms with E-state index in [4.69, 9.17) is 5.11 Å². The lowest BCUT2D eigenvalue weighted by atomic mass is 10.1. The van der Waals surface area contributed by atoms with Crippen molar-refractivity contribution in [3.05, 3.63) is 35.6 Å². The van der Waals surface area contributed by atoms with Crippen LogP contribution in [0.15, 0.2) is 24.3 Å². The van der Waals surface area contributed by atoms with Crippen LogP contribution >= 0.6 is 0 Å². The fraction of sp³-hybridized carbons (Fsp3) is 0.462. The Kier molecular flexibility index (Phi) is 5.50. The van der Waals surface area contributed by atoms with Gasteiger partial charge in [-0.1, -0.05) is 12.1 Å². The first-order valence-corrected chi connectivity index (χ1v) is 5.94. The van der Waals surface area contributed by atoms with Crippen molar-refractivity contribution in [2.75, 3.05) is 13.1 Å². The predicted molar refractivity (Wildman–Crippen MR) is 64.8 cm³/mol. The Labute approximate surface area is 113 Å². The summed E-state index contributed by atoms with van der Waals surface area (Å²) in [4.78, 5) is 11.5. The van der Waals surface area contributed by atoms with Crippen LogP contribution in [0.1, 0.15) is 12.5 Å². The molecule has 0 fully saturated rings. The third-order valence-corrected chi connectivity index (χ3v) is 2.79. The van der Waals surface area contributed by atoms with Gasteiger partial charge in [0.25, 0.3) is 0 Å². The molecule has 1 aromatic rings. The van der Waals surface area contributed by atoms with Crippen LogP contribution < -0.4 is 0 Å². The molecule has 7 heteroatoms. The van der Waals surface area contributed by atoms with Crippen LogP contribution in [0.25, 0.3) is 0 Å². The van der Waals surface area contributed by atoms with Crippen LogP contribution in [-0.4, -0.2) is 41.3 Å². The number of hydrogen-bond donors (Lipinski definition) is 1. The SMILES string of the molecule is CC(Cc1ccc(F)cc1)N(CC(=O)O)CC(F)(F)F. The number of aliphatic carboxylic acids is 1. The summed E-state index contributed by atoms with van der Waals surface area (Å²) < 4.78 is 50.0. The molecule has 112 valence electrons. The van der Waals surface area contributed by atoms with Gasteiger partial charge in [-0.05, 0) is 31.0 Å². The summed E-state index contributed by atoms with van der Waals surface area (Å²) in [5.74, 6) is -1.75. The molecule has 0 saturated carbocycles. The van der Waals surface area contributed by atoms with Crippen molar-refractivity contribution >= 4 is 5.97 Å². The van der Waals surface area contributed by atoms with Gasteiger partial charge in [-0.2, -0.15) is 13.2 Å². The lowest BCUT2D eigenvalue weighted by Gasteiger charge is -2.28. The maximum Gasteiger partial charge on any atom is 0.401 e. The van der Waals surface area contributed by atoms with Crippen LogP contribution in [0.5, 0.6) is 0 Å². The zero-order valence-electron chi connectivity index (χ0n) is 10.8. The van der Waals surface area contributed by atoms with E-state index < -0.39 is 37.1 Å². The second-order valence-corrected chi connectivity index (χ2v) is 4.59. The summed E-state index contributed by atoms with van der Waals surface area (Å²) in [5.41, 5.74) is 0.650. The minimum absolute atomic E-state index is 0.212. The number of carbonyl (C=O) groups is 1. The zero-order chi connectivity index (χ0) is 15.3. The zero-order valence-corrected chi connectivity index (χ0v) is 10.8. The largest absolute Gasteiger partial charge is 0.480 e. The highest BCUT2D eigenvalue weighted by Gasteiger charge is 2.33. The highest BCUT2D eigenvalue weighted by Crippen LogP contribution is 2.19. The quantitative estimate of drug-likeness (QED) is 0.820. The average molecular weight is 293 g/mol. The van der Waals surface area contributed by atoms with Crippen LogP contribution in [0.4, 0.5) is 17.6 Å². The van der Waals surface area contributed by atoms with E-state index in [0.717, 1.165) is 4.90 Å². The molecule has 0 spiro atoms. The summed E-state index contributed by atoms with van der Waals surface area (Å²) in [6.07, 6.45) is -4.25. The van der Waals surface area contributed by atoms with Gasteiger partial charge in [-0.25, -0.2) is 4.39 Å². The summed E-state index contributed by atoms with van der Waals surface area (Å²) in [5, 5.41) is 8.67. The maximum absolute atomic E-state index is 12.7. The Morgan fingerprint density at radius 3 is 2.30 bits per heavy atom. The lowest BCUT2D eigenvalue weighted by Crippen LogP contribution is -2.44. The number of alkyl halides is 3. The first kappa shape index (κ1) is 16.4. The molecule has 0 aromatic heterocycles. The smallest absolute Gasteiger partial charge is 0.401 e. The molecule has 0 amide bonds. The molecule has 0 radical (unpaired) electrons. The van der Waals surface area contributed by atoms with E-state index in [-0.39, 0.29) is 6.42 Å². The molecule has 0 bridgehead atoms. The number of carboxylic acids is 1. The van der Waals surface area contributed by atoms with Crippen molar-refractivity contribution in [3.8, 4) is 0 Å². The third-order valence-electron chi connectivity index (χ3n) is 2.79. The van der Waals surface area contributed by atoms with Crippen molar-refractivity contribution in [2.45, 2.75) is 25.6 Å². The van der Waals surface area contributed by atoms with Gasteiger partial charge < -0.3 is 5.11 Å². The minimum atomic E-state index is -4.47. The first-order valence-electron chi connectivity index (χ1n) is 5.94. The Morgan fingerprint density at radius 1 is 1.30 bits per heavy atom. The van der Waals surface area contributed by atoms with Crippen molar-refractivity contribution in [1.82, 2.24) is 4.90 Å². The van der Waals surface area contributed by atoms with Gasteiger partial charge in [0.2, 0.25) is 0 Å². The topological polar surface area (TPSA) is 40.5 Å². The number of halogens is 4. The highest BCUT2D eigenvalue weighted by atomic mass is 19.4. The molecule has 1 rings (SSSR count). The number of nitrogens with zero attached hydrogens (tertiary/aromatic N) is 1. The standard InChI is InChI=1S/C13H15F4NO2/c1-9(6-10-2-4-11(14)5-3-10)18(7-12(19)20)8-13(15,16)17/h2-5,9H,6-8H2,1H3,(H,19,20). The van der Waals surface area contributed by atoms with Gasteiger partial charge >= 0.3 is 12.1 Å². The molecular formula is C13H15F4NO2. The van der Waals surface area contributed by atoms with Crippen molar-refractivity contribution in [1.29, 1.82) is 0 Å². The molecule has 0 saturated heterocycles. The second-order valence-electron chi connectivity index (χ2n) is 4.59. The maximum atomic E-state index is 12.7. The molecule has 0 aliphatic rings. The van der Waals surface area contributed by atoms with Crippen molar-refractivity contribution < 1.29 is 27.5 Å². The normalized spacial score (nSPS) is 13.5. The summed E-state index contributed by atoms with van der Waals surface area (Å²) in [6.45, 7) is -0.471. The second kappa shape index (κ2) is 6.69. The van der Waals surface area contributed by atoms with E-state index in [2.05, 4.69) is 0 Å². The predicted octanol–water partition coefficient (Wildman–Crippen LogP) is 2.71. The molecule has 1 atom stereocenters. The minimum Gasteiger partial charge on any atom is -0.480 e. The van der Waals surface area contributed by atoms with E-state index in [9.17, 15) is 22.4 Å². The van der Waals surface area contributed by atoms with Gasteiger partial charge in [0, 0.05) is 6.04 Å². The molecule has 20 heavy (non-hydrogen) atoms. The third kappa shape index (κ3) is 6.01. The summed E-state index contributed by atoms with van der Waals surface area (Å²) in [6, 6.07) is 4.75. The van der Waals surface area contributed by atoms with Crippen molar-refractivity contribution in [2.24, 2.45) is 0 Å². The average Bonchev–Trinajstić information content (AvgIpc) is 2.29. The number of carboxylic acid groups (broad SMARTS) is 1. The lowest BCUT2D eigenvalue weighted by molar-refractivity contribution is -0.157. The molecular weight excluding hydrogens is 278 g/mol. The summed E-state index contributed by atoms with van der Waals surface area (Å²) in [7, 11) is 0. The first-order chi connectivity index (χ1) is 9.17. The molecule has 1 aromatic carbocycles. The molecule has 0 aliphatic heterocycles. The fourth-order valence-corrected chi connectivity index (χ4v) is 1.86. The fourth-order valence-electron chi connectivity index (χ4n) is 1.86. The van der Waals surface area contributed by atoms with Gasteiger partial charge in [-0.15, -0.1) is 0 Å². The van der Waals surface area contributed by atoms with Gasteiger partial charge in [0.1, 0.15) is 5.82 Å². The van der Waals surface area contributed by atoms with Crippen LogP contribution in [0, 0.1) is 5.82 Å². The molecule has 0 heterocycles.